The van der Waals surface area contributed by atoms with Crippen LogP contribution in [0.3, 0.4) is 0 Å². The maximum Gasteiger partial charge on any atom is 0.407 e. The number of carbonyl (C=O) groups excluding carboxylic acids is 2. The third-order valence-corrected chi connectivity index (χ3v) is 7.70. The Morgan fingerprint density at radius 2 is 1.76 bits per heavy atom. The second-order valence-corrected chi connectivity index (χ2v) is 10.2. The van der Waals surface area contributed by atoms with Crippen molar-refractivity contribution in [1.29, 1.82) is 0 Å². The number of fused-ring (bicyclic) bond motifs is 1. The zero-order chi connectivity index (χ0) is 26.6. The topological polar surface area (TPSA) is 80.3 Å². The molecule has 3 aliphatic heterocycles. The van der Waals surface area contributed by atoms with Crippen molar-refractivity contribution >= 4 is 12.0 Å². The van der Waals surface area contributed by atoms with E-state index in [0.29, 0.717) is 39.1 Å². The van der Waals surface area contributed by atoms with E-state index in [1.165, 1.54) is 7.11 Å². The van der Waals surface area contributed by atoms with Crippen LogP contribution in [0.15, 0.2) is 42.5 Å². The highest BCUT2D eigenvalue weighted by Crippen LogP contribution is 2.33. The van der Waals surface area contributed by atoms with Gasteiger partial charge in [-0.1, -0.05) is 30.3 Å². The third kappa shape index (κ3) is 5.91. The fourth-order valence-electron chi connectivity index (χ4n) is 5.72. The van der Waals surface area contributed by atoms with Gasteiger partial charge in [-0.25, -0.2) is 13.6 Å². The second-order valence-electron chi connectivity index (χ2n) is 10.2. The lowest BCUT2D eigenvalue weighted by Gasteiger charge is -2.25. The highest BCUT2D eigenvalue weighted by atomic mass is 19.1. The Hall–Kier alpha value is -3.24. The Balaban J connectivity index is 1.15. The summed E-state index contributed by atoms with van der Waals surface area (Å²) in [5.41, 5.74) is 0.474. The molecule has 3 fully saturated rings. The maximum atomic E-state index is 14.5. The molecule has 5 rings (SSSR count). The molecule has 4 atom stereocenters. The van der Waals surface area contributed by atoms with Crippen LogP contribution in [0.1, 0.15) is 34.8 Å². The average Bonchev–Trinajstić information content (AvgIpc) is 3.63. The van der Waals surface area contributed by atoms with Gasteiger partial charge in [0.15, 0.2) is 0 Å². The summed E-state index contributed by atoms with van der Waals surface area (Å²) in [5.74, 6) is -1.94. The molecule has 0 radical (unpaired) electrons. The summed E-state index contributed by atoms with van der Waals surface area (Å²) in [6.45, 7) is 4.28. The SMILES string of the molecule is COc1cc(F)c(C(=O)N2CC3CN(CCC(NC(=O)OC4CCOC4)c4ccccc4)C[C@H]3C2)c(F)c1. The highest BCUT2D eigenvalue weighted by molar-refractivity contribution is 5.95. The number of rotatable bonds is 8. The fraction of sp³-hybridized carbons (Fsp3) is 0.500. The number of nitrogens with zero attached hydrogens (tertiary/aromatic N) is 2. The molecule has 3 saturated heterocycles. The first kappa shape index (κ1) is 26.4. The van der Waals surface area contributed by atoms with Crippen molar-refractivity contribution in [1.82, 2.24) is 15.1 Å². The van der Waals surface area contributed by atoms with Crippen molar-refractivity contribution in [3.05, 3.63) is 65.2 Å². The molecule has 0 aliphatic carbocycles. The summed E-state index contributed by atoms with van der Waals surface area (Å²) in [5, 5.41) is 3.02. The van der Waals surface area contributed by atoms with E-state index in [0.717, 1.165) is 37.3 Å². The van der Waals surface area contributed by atoms with Gasteiger partial charge in [-0.3, -0.25) is 4.79 Å². The van der Waals surface area contributed by atoms with Crippen LogP contribution in [0, 0.1) is 23.5 Å². The number of alkyl carbamates (subject to hydrolysis) is 1. The molecule has 0 bridgehead atoms. The number of hydrogen-bond acceptors (Lipinski definition) is 6. The predicted molar refractivity (Wildman–Crippen MR) is 135 cm³/mol. The Labute approximate surface area is 220 Å². The van der Waals surface area contributed by atoms with Gasteiger partial charge >= 0.3 is 6.09 Å². The number of nitrogens with one attached hydrogen (secondary N) is 1. The third-order valence-electron chi connectivity index (χ3n) is 7.70. The van der Waals surface area contributed by atoms with E-state index in [1.807, 2.05) is 30.3 Å². The molecule has 0 spiro atoms. The van der Waals surface area contributed by atoms with Gasteiger partial charge in [-0.05, 0) is 23.8 Å². The molecule has 0 aromatic heterocycles. The van der Waals surface area contributed by atoms with Crippen molar-refractivity contribution in [2.24, 2.45) is 11.8 Å². The summed E-state index contributed by atoms with van der Waals surface area (Å²) in [6.07, 6.45) is 0.747. The van der Waals surface area contributed by atoms with E-state index < -0.39 is 29.2 Å². The number of methoxy groups -OCH3 is 1. The zero-order valence-corrected chi connectivity index (χ0v) is 21.4. The van der Waals surface area contributed by atoms with Crippen molar-refractivity contribution in [3.8, 4) is 5.75 Å². The van der Waals surface area contributed by atoms with Gasteiger partial charge in [0.25, 0.3) is 5.91 Å². The van der Waals surface area contributed by atoms with Gasteiger partial charge in [-0.15, -0.1) is 0 Å². The highest BCUT2D eigenvalue weighted by Gasteiger charge is 2.42. The van der Waals surface area contributed by atoms with Crippen LogP contribution < -0.4 is 10.1 Å². The molecule has 3 aliphatic rings. The molecule has 2 aromatic carbocycles. The first-order chi connectivity index (χ1) is 18.4. The number of benzene rings is 2. The fourth-order valence-corrected chi connectivity index (χ4v) is 5.72. The molecular formula is C28H33F2N3O5. The van der Waals surface area contributed by atoms with E-state index in [2.05, 4.69) is 10.2 Å². The Kier molecular flexibility index (Phi) is 8.09. The Morgan fingerprint density at radius 3 is 2.37 bits per heavy atom. The summed E-state index contributed by atoms with van der Waals surface area (Å²) < 4.78 is 44.6. The number of amides is 2. The van der Waals surface area contributed by atoms with E-state index >= 15 is 0 Å². The molecule has 2 amide bonds. The lowest BCUT2D eigenvalue weighted by molar-refractivity contribution is 0.0764. The van der Waals surface area contributed by atoms with Crippen LogP contribution in [0.25, 0.3) is 0 Å². The summed E-state index contributed by atoms with van der Waals surface area (Å²) in [4.78, 5) is 29.4. The quantitative estimate of drug-likeness (QED) is 0.563. The first-order valence-electron chi connectivity index (χ1n) is 13.1. The first-order valence-corrected chi connectivity index (χ1v) is 13.1. The predicted octanol–water partition coefficient (Wildman–Crippen LogP) is 3.62. The molecule has 3 unspecified atom stereocenters. The molecule has 1 N–H and O–H groups in total. The molecule has 3 heterocycles. The standard InChI is InChI=1S/C28H33F2N3O5/c1-36-22-11-23(29)26(24(30)12-22)27(34)33-15-19-13-32(14-20(19)16-33)9-7-25(18-5-3-2-4-6-18)31-28(35)38-21-8-10-37-17-21/h2-6,11-12,19-21,25H,7-10,13-17H2,1H3,(H,31,35)/t19-,20?,21?,25?/m0/s1. The van der Waals surface area contributed by atoms with Crippen LogP contribution in [0.4, 0.5) is 13.6 Å². The minimum atomic E-state index is -0.913. The Bertz CT molecular complexity index is 1110. The number of carbonyl (C=O) groups is 2. The molecule has 0 saturated carbocycles. The van der Waals surface area contributed by atoms with Gasteiger partial charge in [0.1, 0.15) is 29.1 Å². The number of halogens is 2. The second kappa shape index (κ2) is 11.7. The number of likely N-dealkylation sites (tertiary alicyclic amines) is 2. The number of ether oxygens (including phenoxy) is 3. The Morgan fingerprint density at radius 1 is 1.08 bits per heavy atom. The largest absolute Gasteiger partial charge is 0.497 e. The van der Waals surface area contributed by atoms with Crippen LogP contribution in [-0.4, -0.2) is 81.0 Å². The van der Waals surface area contributed by atoms with E-state index in [1.54, 1.807) is 4.90 Å². The zero-order valence-electron chi connectivity index (χ0n) is 21.4. The summed E-state index contributed by atoms with van der Waals surface area (Å²) in [6, 6.07) is 11.7. The lowest BCUT2D eigenvalue weighted by atomic mass is 10.0. The van der Waals surface area contributed by atoms with Crippen molar-refractivity contribution in [3.63, 3.8) is 0 Å². The maximum absolute atomic E-state index is 14.5. The van der Waals surface area contributed by atoms with Crippen molar-refractivity contribution in [2.45, 2.75) is 25.0 Å². The van der Waals surface area contributed by atoms with Gasteiger partial charge < -0.3 is 29.3 Å². The smallest absolute Gasteiger partial charge is 0.407 e. The summed E-state index contributed by atoms with van der Waals surface area (Å²) in [7, 11) is 1.32. The molecule has 38 heavy (non-hydrogen) atoms. The molecule has 8 nitrogen and oxygen atoms in total. The van der Waals surface area contributed by atoms with E-state index in [4.69, 9.17) is 14.2 Å². The van der Waals surface area contributed by atoms with Gasteiger partial charge in [-0.2, -0.15) is 0 Å². The van der Waals surface area contributed by atoms with Crippen LogP contribution in [-0.2, 0) is 9.47 Å². The van der Waals surface area contributed by atoms with Crippen molar-refractivity contribution < 1.29 is 32.6 Å². The minimum Gasteiger partial charge on any atom is -0.497 e. The van der Waals surface area contributed by atoms with Gasteiger partial charge in [0.2, 0.25) is 0 Å². The van der Waals surface area contributed by atoms with Gasteiger partial charge in [0, 0.05) is 51.3 Å². The monoisotopic (exact) mass is 529 g/mol. The molecular weight excluding hydrogens is 496 g/mol. The molecule has 204 valence electrons. The van der Waals surface area contributed by atoms with Crippen LogP contribution in [0.2, 0.25) is 0 Å². The van der Waals surface area contributed by atoms with E-state index in [9.17, 15) is 18.4 Å². The van der Waals surface area contributed by atoms with E-state index in [-0.39, 0.29) is 29.7 Å². The van der Waals surface area contributed by atoms with Crippen LogP contribution >= 0.6 is 0 Å². The van der Waals surface area contributed by atoms with Gasteiger partial charge in [0.05, 0.1) is 26.4 Å². The summed E-state index contributed by atoms with van der Waals surface area (Å²) >= 11 is 0. The average molecular weight is 530 g/mol. The molecule has 2 aromatic rings. The normalized spacial score (nSPS) is 23.8. The number of hydrogen-bond donors (Lipinski definition) is 1. The minimum absolute atomic E-state index is 0.0367. The van der Waals surface area contributed by atoms with Crippen LogP contribution in [0.5, 0.6) is 5.75 Å². The lowest BCUT2D eigenvalue weighted by Crippen LogP contribution is -2.36. The molecule has 10 heteroatoms. The van der Waals surface area contributed by atoms with Crippen molar-refractivity contribution in [2.75, 3.05) is 53.0 Å².